The summed E-state index contributed by atoms with van der Waals surface area (Å²) >= 11 is 0. The van der Waals surface area contributed by atoms with Crippen molar-refractivity contribution in [1.82, 2.24) is 9.55 Å². The second kappa shape index (κ2) is 10.3. The maximum atomic E-state index is 13.9. The zero-order chi connectivity index (χ0) is 24.9. The van der Waals surface area contributed by atoms with E-state index in [0.29, 0.717) is 29.8 Å². The minimum atomic E-state index is -0.718. The quantitative estimate of drug-likeness (QED) is 0.404. The van der Waals surface area contributed by atoms with Crippen molar-refractivity contribution >= 4 is 28.2 Å². The fourth-order valence-corrected chi connectivity index (χ4v) is 4.11. The lowest BCUT2D eigenvalue weighted by Crippen LogP contribution is -2.41. The van der Waals surface area contributed by atoms with E-state index < -0.39 is 17.2 Å². The lowest BCUT2D eigenvalue weighted by molar-refractivity contribution is 0.0984. The van der Waals surface area contributed by atoms with E-state index in [1.54, 1.807) is 25.3 Å². The predicted molar refractivity (Wildman–Crippen MR) is 138 cm³/mol. The van der Waals surface area contributed by atoms with Crippen LogP contribution in [0.4, 0.5) is 11.5 Å². The summed E-state index contributed by atoms with van der Waals surface area (Å²) < 4.78 is 6.78. The van der Waals surface area contributed by atoms with Gasteiger partial charge in [-0.15, -0.1) is 0 Å². The summed E-state index contributed by atoms with van der Waals surface area (Å²) in [5, 5.41) is 1.89. The molecular formula is C27H28N4O4. The Morgan fingerprint density at radius 1 is 1.03 bits per heavy atom. The van der Waals surface area contributed by atoms with Crippen LogP contribution in [0.1, 0.15) is 35.7 Å². The molecule has 0 fully saturated rings. The third-order valence-electron chi connectivity index (χ3n) is 5.98. The van der Waals surface area contributed by atoms with E-state index >= 15 is 0 Å². The molecule has 4 aromatic rings. The Bertz CT molecular complexity index is 1490. The summed E-state index contributed by atoms with van der Waals surface area (Å²) in [6.45, 7) is 2.34. The van der Waals surface area contributed by atoms with Crippen LogP contribution in [0.2, 0.25) is 0 Å². The zero-order valence-electron chi connectivity index (χ0n) is 19.8. The van der Waals surface area contributed by atoms with Gasteiger partial charge in [0.2, 0.25) is 0 Å². The van der Waals surface area contributed by atoms with Gasteiger partial charge < -0.3 is 10.5 Å². The van der Waals surface area contributed by atoms with E-state index in [1.165, 1.54) is 9.47 Å². The summed E-state index contributed by atoms with van der Waals surface area (Å²) in [7, 11) is 1.54. The number of rotatable bonds is 8. The molecule has 35 heavy (non-hydrogen) atoms. The first kappa shape index (κ1) is 23.8. The Morgan fingerprint density at radius 2 is 1.74 bits per heavy atom. The van der Waals surface area contributed by atoms with Crippen LogP contribution in [0.3, 0.4) is 0 Å². The molecule has 4 rings (SSSR count). The minimum Gasteiger partial charge on any atom is -0.496 e. The molecule has 8 nitrogen and oxygen atoms in total. The number of carbonyl (C=O) groups excluding carboxylic acids is 1. The number of H-pyrrole nitrogens is 1. The van der Waals surface area contributed by atoms with Gasteiger partial charge in [-0.25, -0.2) is 4.79 Å². The molecule has 0 spiro atoms. The number of aromatic nitrogens is 2. The maximum absolute atomic E-state index is 13.9. The molecule has 1 amide bonds. The van der Waals surface area contributed by atoms with Crippen LogP contribution >= 0.6 is 0 Å². The Hall–Kier alpha value is -4.33. The number of hydrogen-bond acceptors (Lipinski definition) is 5. The SMILES string of the molecule is CCCCn1c(N)c(N(Cc2ccccc2OC)C(=O)c2ccc3ccccc3c2)c(=O)[nH]c1=O. The van der Waals surface area contributed by atoms with Gasteiger partial charge in [0.05, 0.1) is 13.7 Å². The highest BCUT2D eigenvalue weighted by Gasteiger charge is 2.26. The van der Waals surface area contributed by atoms with Crippen molar-refractivity contribution in [2.75, 3.05) is 17.7 Å². The van der Waals surface area contributed by atoms with E-state index in [0.717, 1.165) is 17.2 Å². The molecule has 0 unspecified atom stereocenters. The predicted octanol–water partition coefficient (Wildman–Crippen LogP) is 3.93. The number of benzene rings is 3. The Balaban J connectivity index is 1.88. The summed E-state index contributed by atoms with van der Waals surface area (Å²) in [5.41, 5.74) is 6.08. The molecule has 1 aromatic heterocycles. The second-order valence-corrected chi connectivity index (χ2v) is 8.26. The number of methoxy groups -OCH3 is 1. The molecule has 0 aliphatic carbocycles. The number of ether oxygens (including phenoxy) is 1. The highest BCUT2D eigenvalue weighted by atomic mass is 16.5. The third-order valence-corrected chi connectivity index (χ3v) is 5.98. The van der Waals surface area contributed by atoms with Crippen LogP contribution < -0.4 is 26.6 Å². The number of nitrogen functional groups attached to an aromatic ring is 1. The molecule has 180 valence electrons. The van der Waals surface area contributed by atoms with Gasteiger partial charge in [-0.2, -0.15) is 0 Å². The first-order chi connectivity index (χ1) is 16.9. The molecule has 3 N–H and O–H groups in total. The molecule has 0 aliphatic rings. The van der Waals surface area contributed by atoms with Crippen LogP contribution in [-0.4, -0.2) is 22.6 Å². The number of amides is 1. The second-order valence-electron chi connectivity index (χ2n) is 8.26. The van der Waals surface area contributed by atoms with Crippen LogP contribution in [0.15, 0.2) is 76.3 Å². The Morgan fingerprint density at radius 3 is 2.49 bits per heavy atom. The molecule has 0 radical (unpaired) electrons. The van der Waals surface area contributed by atoms with E-state index in [9.17, 15) is 14.4 Å². The maximum Gasteiger partial charge on any atom is 0.330 e. The number of nitrogens with two attached hydrogens (primary N) is 1. The summed E-state index contributed by atoms with van der Waals surface area (Å²) in [5.74, 6) is 0.105. The number of para-hydroxylation sites is 1. The Labute approximate surface area is 202 Å². The van der Waals surface area contributed by atoms with Gasteiger partial charge in [-0.05, 0) is 35.4 Å². The first-order valence-corrected chi connectivity index (χ1v) is 11.5. The van der Waals surface area contributed by atoms with E-state index in [1.807, 2.05) is 55.5 Å². The molecule has 1 heterocycles. The van der Waals surface area contributed by atoms with Gasteiger partial charge in [0.15, 0.2) is 5.69 Å². The van der Waals surface area contributed by atoms with Crippen LogP contribution in [-0.2, 0) is 13.1 Å². The summed E-state index contributed by atoms with van der Waals surface area (Å²) in [6, 6.07) is 20.3. The van der Waals surface area contributed by atoms with Gasteiger partial charge in [0.1, 0.15) is 11.6 Å². The van der Waals surface area contributed by atoms with E-state index in [2.05, 4.69) is 4.98 Å². The van der Waals surface area contributed by atoms with E-state index in [-0.39, 0.29) is 18.1 Å². The monoisotopic (exact) mass is 472 g/mol. The van der Waals surface area contributed by atoms with Gasteiger partial charge in [0.25, 0.3) is 11.5 Å². The molecule has 0 saturated heterocycles. The number of hydrogen-bond donors (Lipinski definition) is 2. The molecule has 8 heteroatoms. The topological polar surface area (TPSA) is 110 Å². The number of fused-ring (bicyclic) bond motifs is 1. The largest absolute Gasteiger partial charge is 0.496 e. The van der Waals surface area contributed by atoms with Crippen molar-refractivity contribution < 1.29 is 9.53 Å². The van der Waals surface area contributed by atoms with Crippen molar-refractivity contribution in [3.8, 4) is 5.75 Å². The third kappa shape index (κ3) is 4.82. The minimum absolute atomic E-state index is 0.0228. The average Bonchev–Trinajstić information content (AvgIpc) is 2.87. The average molecular weight is 473 g/mol. The van der Waals surface area contributed by atoms with Gasteiger partial charge in [-0.1, -0.05) is 61.9 Å². The molecule has 3 aromatic carbocycles. The fourth-order valence-electron chi connectivity index (χ4n) is 4.11. The number of nitrogens with zero attached hydrogens (tertiary/aromatic N) is 2. The standard InChI is InChI=1S/C27H28N4O4/c1-3-4-15-30-24(28)23(25(32)29-27(30)34)31(17-21-11-7-8-12-22(21)35-2)26(33)20-14-13-18-9-5-6-10-19(18)16-20/h5-14,16H,3-4,15,17,28H2,1-2H3,(H,29,32,34). The van der Waals surface area contributed by atoms with Crippen molar-refractivity contribution in [1.29, 1.82) is 0 Å². The summed E-state index contributed by atoms with van der Waals surface area (Å²) in [6.07, 6.45) is 1.53. The molecule has 0 saturated carbocycles. The number of anilines is 2. The lowest BCUT2D eigenvalue weighted by atomic mass is 10.1. The highest BCUT2D eigenvalue weighted by Crippen LogP contribution is 2.27. The van der Waals surface area contributed by atoms with Gasteiger partial charge >= 0.3 is 5.69 Å². The van der Waals surface area contributed by atoms with Crippen molar-refractivity contribution in [3.63, 3.8) is 0 Å². The highest BCUT2D eigenvalue weighted by molar-refractivity contribution is 6.09. The van der Waals surface area contributed by atoms with Gasteiger partial charge in [-0.3, -0.25) is 24.0 Å². The normalized spacial score (nSPS) is 10.9. The van der Waals surface area contributed by atoms with E-state index in [4.69, 9.17) is 10.5 Å². The Kier molecular flexibility index (Phi) is 7.01. The zero-order valence-corrected chi connectivity index (χ0v) is 19.8. The molecule has 0 atom stereocenters. The first-order valence-electron chi connectivity index (χ1n) is 11.5. The van der Waals surface area contributed by atoms with Gasteiger partial charge in [0, 0.05) is 17.7 Å². The van der Waals surface area contributed by atoms with Crippen molar-refractivity contribution in [3.05, 3.63) is 98.7 Å². The number of nitrogens with one attached hydrogen (secondary N) is 1. The molecular weight excluding hydrogens is 444 g/mol. The summed E-state index contributed by atoms with van der Waals surface area (Å²) in [4.78, 5) is 43.1. The number of aromatic amines is 1. The fraction of sp³-hybridized carbons (Fsp3) is 0.222. The van der Waals surface area contributed by atoms with Crippen LogP contribution in [0, 0.1) is 0 Å². The van der Waals surface area contributed by atoms with Crippen molar-refractivity contribution in [2.24, 2.45) is 0 Å². The molecule has 0 aliphatic heterocycles. The smallest absolute Gasteiger partial charge is 0.330 e. The van der Waals surface area contributed by atoms with Crippen LogP contribution in [0.5, 0.6) is 5.75 Å². The lowest BCUT2D eigenvalue weighted by Gasteiger charge is -2.25. The number of carbonyl (C=O) groups is 1. The molecule has 0 bridgehead atoms. The van der Waals surface area contributed by atoms with Crippen molar-refractivity contribution in [2.45, 2.75) is 32.9 Å². The number of unbranched alkanes of at least 4 members (excludes halogenated alkanes) is 1. The van der Waals surface area contributed by atoms with Crippen LogP contribution in [0.25, 0.3) is 10.8 Å².